The Morgan fingerprint density at radius 2 is 1.90 bits per heavy atom. The summed E-state index contributed by atoms with van der Waals surface area (Å²) in [4.78, 5) is 11.0. The summed E-state index contributed by atoms with van der Waals surface area (Å²) in [6, 6.07) is 12.8. The van der Waals surface area contributed by atoms with Gasteiger partial charge in [0, 0.05) is 12.1 Å². The van der Waals surface area contributed by atoms with E-state index in [1.807, 2.05) is 26.1 Å². The van der Waals surface area contributed by atoms with E-state index in [0.717, 1.165) is 17.9 Å². The third-order valence-corrected chi connectivity index (χ3v) is 2.99. The number of benzene rings is 2. The van der Waals surface area contributed by atoms with Gasteiger partial charge in [0.2, 0.25) is 5.91 Å². The van der Waals surface area contributed by atoms with Crippen LogP contribution in [0.3, 0.4) is 0 Å². The molecule has 3 N–H and O–H groups in total. The fourth-order valence-electron chi connectivity index (χ4n) is 1.95. The highest BCUT2D eigenvalue weighted by molar-refractivity contribution is 5.92. The van der Waals surface area contributed by atoms with E-state index in [9.17, 15) is 4.79 Å². The first-order valence-electron chi connectivity index (χ1n) is 6.42. The maximum Gasteiger partial charge on any atom is 0.248 e. The molecule has 0 fully saturated rings. The van der Waals surface area contributed by atoms with Crippen molar-refractivity contribution in [3.8, 4) is 11.5 Å². The lowest BCUT2D eigenvalue weighted by atomic mass is 10.1. The Hall–Kier alpha value is -2.33. The predicted molar refractivity (Wildman–Crippen MR) is 79.0 cm³/mol. The Bertz CT molecular complexity index is 606. The van der Waals surface area contributed by atoms with E-state index < -0.39 is 5.91 Å². The van der Waals surface area contributed by atoms with E-state index >= 15 is 0 Å². The molecule has 0 aliphatic rings. The number of rotatable bonds is 5. The van der Waals surface area contributed by atoms with Crippen LogP contribution < -0.4 is 15.8 Å². The van der Waals surface area contributed by atoms with Crippen molar-refractivity contribution in [1.29, 1.82) is 0 Å². The Balaban J connectivity index is 2.15. The SMILES string of the molecule is CNCc1ccc(Oc2ccc(C(N)=O)cc2)c(C)c1. The van der Waals surface area contributed by atoms with E-state index in [1.165, 1.54) is 5.56 Å². The molecule has 0 saturated heterocycles. The van der Waals surface area contributed by atoms with Gasteiger partial charge >= 0.3 is 0 Å². The van der Waals surface area contributed by atoms with Gasteiger partial charge in [0.1, 0.15) is 11.5 Å². The molecule has 0 unspecified atom stereocenters. The zero-order valence-electron chi connectivity index (χ0n) is 11.6. The molecule has 0 aliphatic carbocycles. The maximum atomic E-state index is 11.0. The molecule has 0 bridgehead atoms. The lowest BCUT2D eigenvalue weighted by Gasteiger charge is -2.10. The Morgan fingerprint density at radius 1 is 1.20 bits per heavy atom. The lowest BCUT2D eigenvalue weighted by Crippen LogP contribution is -2.10. The van der Waals surface area contributed by atoms with Gasteiger partial charge in [-0.15, -0.1) is 0 Å². The molecule has 2 rings (SSSR count). The average Bonchev–Trinajstić information content (AvgIpc) is 2.43. The quantitative estimate of drug-likeness (QED) is 0.877. The number of ether oxygens (including phenoxy) is 1. The van der Waals surface area contributed by atoms with Gasteiger partial charge in [0.05, 0.1) is 0 Å². The monoisotopic (exact) mass is 270 g/mol. The summed E-state index contributed by atoms with van der Waals surface area (Å²) in [6.45, 7) is 2.83. The summed E-state index contributed by atoms with van der Waals surface area (Å²) >= 11 is 0. The van der Waals surface area contributed by atoms with E-state index in [-0.39, 0.29) is 0 Å². The highest BCUT2D eigenvalue weighted by Crippen LogP contribution is 2.26. The molecule has 4 nitrogen and oxygen atoms in total. The third kappa shape index (κ3) is 3.36. The smallest absolute Gasteiger partial charge is 0.248 e. The van der Waals surface area contributed by atoms with Crippen molar-refractivity contribution in [2.75, 3.05) is 7.05 Å². The van der Waals surface area contributed by atoms with Gasteiger partial charge in [-0.25, -0.2) is 0 Å². The first-order valence-corrected chi connectivity index (χ1v) is 6.42. The van der Waals surface area contributed by atoms with Crippen LogP contribution in [0.5, 0.6) is 11.5 Å². The summed E-state index contributed by atoms with van der Waals surface area (Å²) in [5.41, 5.74) is 7.95. The van der Waals surface area contributed by atoms with Crippen LogP contribution >= 0.6 is 0 Å². The van der Waals surface area contributed by atoms with Gasteiger partial charge in [0.15, 0.2) is 0 Å². The number of primary amides is 1. The van der Waals surface area contributed by atoms with Crippen LogP contribution in [0, 0.1) is 6.92 Å². The fourth-order valence-corrected chi connectivity index (χ4v) is 1.95. The second-order valence-corrected chi connectivity index (χ2v) is 4.62. The number of amides is 1. The van der Waals surface area contributed by atoms with Gasteiger partial charge in [-0.3, -0.25) is 4.79 Å². The summed E-state index contributed by atoms with van der Waals surface area (Å²) in [5.74, 6) is 1.04. The summed E-state index contributed by atoms with van der Waals surface area (Å²) < 4.78 is 5.80. The zero-order chi connectivity index (χ0) is 14.5. The first-order chi connectivity index (χ1) is 9.60. The number of hydrogen-bond acceptors (Lipinski definition) is 3. The van der Waals surface area contributed by atoms with Gasteiger partial charge in [-0.2, -0.15) is 0 Å². The van der Waals surface area contributed by atoms with Crippen molar-refractivity contribution in [3.05, 3.63) is 59.2 Å². The van der Waals surface area contributed by atoms with Crippen molar-refractivity contribution < 1.29 is 9.53 Å². The molecule has 0 radical (unpaired) electrons. The Morgan fingerprint density at radius 3 is 2.45 bits per heavy atom. The minimum atomic E-state index is -0.441. The number of hydrogen-bond donors (Lipinski definition) is 2. The summed E-state index contributed by atoms with van der Waals surface area (Å²) in [6.07, 6.45) is 0. The number of carbonyl (C=O) groups is 1. The van der Waals surface area contributed by atoms with Crippen molar-refractivity contribution in [3.63, 3.8) is 0 Å². The number of nitrogens with two attached hydrogens (primary N) is 1. The highest BCUT2D eigenvalue weighted by atomic mass is 16.5. The predicted octanol–water partition coefficient (Wildman–Crippen LogP) is 2.61. The average molecular weight is 270 g/mol. The molecule has 0 spiro atoms. The van der Waals surface area contributed by atoms with Crippen LogP contribution in [0.15, 0.2) is 42.5 Å². The molecule has 2 aromatic rings. The molecule has 1 amide bonds. The first kappa shape index (κ1) is 14.1. The molecule has 20 heavy (non-hydrogen) atoms. The minimum absolute atomic E-state index is 0.441. The molecule has 0 aromatic heterocycles. The number of nitrogens with one attached hydrogen (secondary N) is 1. The topological polar surface area (TPSA) is 64.3 Å². The van der Waals surface area contributed by atoms with E-state index in [1.54, 1.807) is 24.3 Å². The van der Waals surface area contributed by atoms with Crippen molar-refractivity contribution >= 4 is 5.91 Å². The molecule has 4 heteroatoms. The van der Waals surface area contributed by atoms with E-state index in [0.29, 0.717) is 11.3 Å². The van der Waals surface area contributed by atoms with Crippen molar-refractivity contribution in [1.82, 2.24) is 5.32 Å². The largest absolute Gasteiger partial charge is 0.457 e. The second kappa shape index (κ2) is 6.21. The number of aryl methyl sites for hydroxylation is 1. The second-order valence-electron chi connectivity index (χ2n) is 4.62. The van der Waals surface area contributed by atoms with E-state index in [4.69, 9.17) is 10.5 Å². The van der Waals surface area contributed by atoms with Gasteiger partial charge in [-0.05, 0) is 55.4 Å². The van der Waals surface area contributed by atoms with Crippen LogP contribution in [0.4, 0.5) is 0 Å². The van der Waals surface area contributed by atoms with Crippen LogP contribution in [-0.4, -0.2) is 13.0 Å². The molecule has 0 saturated carbocycles. The third-order valence-electron chi connectivity index (χ3n) is 2.99. The van der Waals surface area contributed by atoms with Crippen molar-refractivity contribution in [2.24, 2.45) is 5.73 Å². The molecular weight excluding hydrogens is 252 g/mol. The lowest BCUT2D eigenvalue weighted by molar-refractivity contribution is 0.100. The minimum Gasteiger partial charge on any atom is -0.457 e. The number of carbonyl (C=O) groups excluding carboxylic acids is 1. The summed E-state index contributed by atoms with van der Waals surface area (Å²) in [5, 5.41) is 3.11. The van der Waals surface area contributed by atoms with Crippen LogP contribution in [0.1, 0.15) is 21.5 Å². The van der Waals surface area contributed by atoms with Gasteiger partial charge < -0.3 is 15.8 Å². The summed E-state index contributed by atoms with van der Waals surface area (Å²) in [7, 11) is 1.92. The molecule has 0 heterocycles. The van der Waals surface area contributed by atoms with Crippen molar-refractivity contribution in [2.45, 2.75) is 13.5 Å². The zero-order valence-corrected chi connectivity index (χ0v) is 11.6. The molecule has 0 aliphatic heterocycles. The molecule has 104 valence electrons. The van der Waals surface area contributed by atoms with Gasteiger partial charge in [0.25, 0.3) is 0 Å². The fraction of sp³-hybridized carbons (Fsp3) is 0.188. The highest BCUT2D eigenvalue weighted by Gasteiger charge is 2.04. The standard InChI is InChI=1S/C16H18N2O2/c1-11-9-12(10-18-2)3-8-15(11)20-14-6-4-13(5-7-14)16(17)19/h3-9,18H,10H2,1-2H3,(H2,17,19). The maximum absolute atomic E-state index is 11.0. The normalized spacial score (nSPS) is 10.3. The Kier molecular flexibility index (Phi) is 4.38. The molecule has 0 atom stereocenters. The molecule has 2 aromatic carbocycles. The van der Waals surface area contributed by atoms with E-state index in [2.05, 4.69) is 11.4 Å². The van der Waals surface area contributed by atoms with Gasteiger partial charge in [-0.1, -0.05) is 12.1 Å². The Labute approximate surface area is 118 Å². The van der Waals surface area contributed by atoms with Crippen LogP contribution in [-0.2, 0) is 6.54 Å². The van der Waals surface area contributed by atoms with Crippen LogP contribution in [0.2, 0.25) is 0 Å². The van der Waals surface area contributed by atoms with Crippen LogP contribution in [0.25, 0.3) is 0 Å². The molecular formula is C16H18N2O2.